The number of nitrogens with zero attached hydrogens (tertiary/aromatic N) is 7. The molecule has 3 aromatic rings. The summed E-state index contributed by atoms with van der Waals surface area (Å²) in [5.74, 6) is -0.716. The smallest absolute Gasteiger partial charge is 0.289 e. The highest BCUT2D eigenvalue weighted by molar-refractivity contribution is 6.07. The minimum Gasteiger partial charge on any atom is -0.289 e. The molecule has 0 bridgehead atoms. The van der Waals surface area contributed by atoms with E-state index in [0.717, 1.165) is 16.5 Å². The number of amides is 1. The van der Waals surface area contributed by atoms with E-state index in [1.54, 1.807) is 6.92 Å². The number of allylic oxidation sites excluding steroid dienone is 1. The normalized spacial score (nSPS) is 12.2. The topological polar surface area (TPSA) is 103 Å². The Morgan fingerprint density at radius 3 is 2.60 bits per heavy atom. The van der Waals surface area contributed by atoms with Crippen LogP contribution >= 0.6 is 0 Å². The van der Waals surface area contributed by atoms with Crippen molar-refractivity contribution in [1.82, 2.24) is 34.8 Å². The fourth-order valence-electron chi connectivity index (χ4n) is 2.18. The van der Waals surface area contributed by atoms with Crippen molar-refractivity contribution in [2.45, 2.75) is 13.1 Å². The molecule has 0 unspecified atom stereocenters. The second kappa shape index (κ2) is 5.96. The van der Waals surface area contributed by atoms with Gasteiger partial charge in [0.25, 0.3) is 5.91 Å². The van der Waals surface area contributed by atoms with Crippen LogP contribution in [0.1, 0.15) is 28.8 Å². The number of aryl methyl sites for hydroxylation is 1. The van der Waals surface area contributed by atoms with E-state index in [9.17, 15) is 18.0 Å². The first-order valence-electron chi connectivity index (χ1n) is 6.94. The first-order chi connectivity index (χ1) is 11.8. The Kier molecular flexibility index (Phi) is 3.94. The lowest BCUT2D eigenvalue weighted by Gasteiger charge is -2.12. The first-order valence-corrected chi connectivity index (χ1v) is 6.94. The molecule has 0 aliphatic heterocycles. The van der Waals surface area contributed by atoms with Crippen LogP contribution in [0.25, 0.3) is 11.7 Å². The predicted molar refractivity (Wildman–Crippen MR) is 79.4 cm³/mol. The molecule has 0 aromatic carbocycles. The molecule has 0 saturated carbocycles. The van der Waals surface area contributed by atoms with Gasteiger partial charge >= 0.3 is 6.18 Å². The quantitative estimate of drug-likeness (QED) is 0.767. The number of carbonyl (C=O) groups is 1. The monoisotopic (exact) mass is 352 g/mol. The number of rotatable bonds is 3. The second-order valence-electron chi connectivity index (χ2n) is 4.93. The van der Waals surface area contributed by atoms with Crippen LogP contribution in [0, 0.1) is 0 Å². The molecule has 1 N–H and O–H groups in total. The summed E-state index contributed by atoms with van der Waals surface area (Å²) in [6.45, 7) is 1.63. The van der Waals surface area contributed by atoms with Crippen LogP contribution in [0.4, 0.5) is 19.1 Å². The summed E-state index contributed by atoms with van der Waals surface area (Å²) in [6.07, 6.45) is -1.75. The van der Waals surface area contributed by atoms with Crippen molar-refractivity contribution < 1.29 is 18.0 Å². The minimum absolute atomic E-state index is 0.0382. The summed E-state index contributed by atoms with van der Waals surface area (Å²) in [5.41, 5.74) is -1.31. The molecule has 1 amide bonds. The average Bonchev–Trinajstić information content (AvgIpc) is 3.13. The van der Waals surface area contributed by atoms with Crippen molar-refractivity contribution in [3.8, 4) is 0 Å². The van der Waals surface area contributed by atoms with Gasteiger partial charge in [0.2, 0.25) is 5.95 Å². The van der Waals surface area contributed by atoms with Gasteiger partial charge in [0, 0.05) is 7.05 Å². The maximum absolute atomic E-state index is 13.3. The summed E-state index contributed by atoms with van der Waals surface area (Å²) in [4.78, 5) is 12.4. The molecule has 3 aromatic heterocycles. The highest BCUT2D eigenvalue weighted by Gasteiger charge is 2.35. The number of tetrazole rings is 1. The fourth-order valence-corrected chi connectivity index (χ4v) is 2.18. The molecule has 0 radical (unpaired) electrons. The Morgan fingerprint density at radius 1 is 1.24 bits per heavy atom. The molecule has 0 aliphatic carbocycles. The van der Waals surface area contributed by atoms with Crippen molar-refractivity contribution >= 4 is 23.6 Å². The Morgan fingerprint density at radius 2 is 2.00 bits per heavy atom. The van der Waals surface area contributed by atoms with Crippen LogP contribution in [-0.4, -0.2) is 40.7 Å². The number of carbonyl (C=O) groups excluding carboxylic acids is 1. The van der Waals surface area contributed by atoms with E-state index in [-0.39, 0.29) is 23.0 Å². The lowest BCUT2D eigenvalue weighted by atomic mass is 10.2. The van der Waals surface area contributed by atoms with E-state index < -0.39 is 17.8 Å². The molecular weight excluding hydrogens is 341 g/mol. The van der Waals surface area contributed by atoms with Gasteiger partial charge in [0.1, 0.15) is 5.69 Å². The summed E-state index contributed by atoms with van der Waals surface area (Å²) in [7, 11) is 1.50. The second-order valence-corrected chi connectivity index (χ2v) is 4.93. The number of aromatic nitrogens is 7. The third-order valence-electron chi connectivity index (χ3n) is 3.27. The van der Waals surface area contributed by atoms with E-state index in [2.05, 4.69) is 31.0 Å². The summed E-state index contributed by atoms with van der Waals surface area (Å²) >= 11 is 0. The van der Waals surface area contributed by atoms with Gasteiger partial charge in [-0.1, -0.05) is 11.2 Å². The van der Waals surface area contributed by atoms with Crippen LogP contribution < -0.4 is 5.32 Å². The van der Waals surface area contributed by atoms with Crippen molar-refractivity contribution in [3.05, 3.63) is 35.3 Å². The number of hydrogen-bond donors (Lipinski definition) is 1. The SMILES string of the molecule is CC=Cc1nnc2c(C(=O)Nc3nnnn3C)ccc(C(F)(F)F)n12. The third kappa shape index (κ3) is 2.93. The highest BCUT2D eigenvalue weighted by atomic mass is 19.4. The number of hydrogen-bond acceptors (Lipinski definition) is 6. The van der Waals surface area contributed by atoms with Crippen LogP contribution in [0.3, 0.4) is 0 Å². The zero-order valence-corrected chi connectivity index (χ0v) is 13.0. The number of fused-ring (bicyclic) bond motifs is 1. The number of alkyl halides is 3. The summed E-state index contributed by atoms with van der Waals surface area (Å²) < 4.78 is 41.8. The largest absolute Gasteiger partial charge is 0.431 e. The van der Waals surface area contributed by atoms with E-state index in [0.29, 0.717) is 0 Å². The molecule has 130 valence electrons. The van der Waals surface area contributed by atoms with Crippen molar-refractivity contribution in [2.24, 2.45) is 7.05 Å². The van der Waals surface area contributed by atoms with E-state index in [1.807, 2.05) is 0 Å². The molecule has 0 aliphatic rings. The van der Waals surface area contributed by atoms with Crippen molar-refractivity contribution in [2.75, 3.05) is 5.32 Å². The molecule has 0 saturated heterocycles. The standard InChI is InChI=1S/C13H11F3N8O/c1-3-4-9-18-19-10-7(5-6-8(24(9)10)13(14,15)16)11(25)17-12-20-21-22-23(12)2/h3-6H,1-2H3,(H,17,20,22,25). The zero-order valence-electron chi connectivity index (χ0n) is 13.0. The Hall–Kier alpha value is -3.31. The zero-order chi connectivity index (χ0) is 18.2. The molecule has 9 nitrogen and oxygen atoms in total. The molecule has 25 heavy (non-hydrogen) atoms. The van der Waals surface area contributed by atoms with Gasteiger partial charge in [0.15, 0.2) is 11.5 Å². The Bertz CT molecular complexity index is 971. The maximum Gasteiger partial charge on any atom is 0.431 e. The van der Waals surface area contributed by atoms with Gasteiger partial charge in [-0.25, -0.2) is 4.68 Å². The lowest BCUT2D eigenvalue weighted by Crippen LogP contribution is -2.19. The van der Waals surface area contributed by atoms with Gasteiger partial charge in [-0.15, -0.1) is 10.2 Å². The third-order valence-corrected chi connectivity index (χ3v) is 3.27. The summed E-state index contributed by atoms with van der Waals surface area (Å²) in [6, 6.07) is 1.83. The number of halogens is 3. The average molecular weight is 352 g/mol. The maximum atomic E-state index is 13.3. The molecule has 0 spiro atoms. The lowest BCUT2D eigenvalue weighted by molar-refractivity contribution is -0.142. The molecule has 0 fully saturated rings. The van der Waals surface area contributed by atoms with E-state index in [1.165, 1.54) is 23.9 Å². The Labute approximate surface area is 138 Å². The minimum atomic E-state index is -4.64. The van der Waals surface area contributed by atoms with Gasteiger partial charge in [-0.2, -0.15) is 13.2 Å². The van der Waals surface area contributed by atoms with Gasteiger partial charge in [0.05, 0.1) is 5.56 Å². The van der Waals surface area contributed by atoms with Crippen LogP contribution in [0.5, 0.6) is 0 Å². The number of pyridine rings is 1. The van der Waals surface area contributed by atoms with Gasteiger partial charge in [-0.05, 0) is 35.6 Å². The molecule has 3 heterocycles. The Balaban J connectivity index is 2.14. The molecular formula is C13H11F3N8O. The van der Waals surface area contributed by atoms with E-state index >= 15 is 0 Å². The van der Waals surface area contributed by atoms with Crippen molar-refractivity contribution in [1.29, 1.82) is 0 Å². The first kappa shape index (κ1) is 16.5. The predicted octanol–water partition coefficient (Wildman–Crippen LogP) is 1.56. The van der Waals surface area contributed by atoms with E-state index in [4.69, 9.17) is 0 Å². The van der Waals surface area contributed by atoms with Gasteiger partial charge in [-0.3, -0.25) is 14.5 Å². The fraction of sp³-hybridized carbons (Fsp3) is 0.231. The van der Waals surface area contributed by atoms with Crippen molar-refractivity contribution in [3.63, 3.8) is 0 Å². The van der Waals surface area contributed by atoms with Crippen LogP contribution in [-0.2, 0) is 13.2 Å². The highest BCUT2D eigenvalue weighted by Crippen LogP contribution is 2.31. The number of anilines is 1. The van der Waals surface area contributed by atoms with Gasteiger partial charge < -0.3 is 0 Å². The summed E-state index contributed by atoms with van der Waals surface area (Å²) in [5, 5.41) is 20.4. The van der Waals surface area contributed by atoms with Crippen LogP contribution in [0.15, 0.2) is 18.2 Å². The van der Waals surface area contributed by atoms with Crippen LogP contribution in [0.2, 0.25) is 0 Å². The number of nitrogens with one attached hydrogen (secondary N) is 1. The molecule has 0 atom stereocenters. The molecule has 3 rings (SSSR count). The molecule has 12 heteroatoms.